The second kappa shape index (κ2) is 8.85. The molecular weight excluding hydrogens is 250 g/mol. The van der Waals surface area contributed by atoms with E-state index < -0.39 is 0 Å². The smallest absolute Gasteiger partial charge is 0.127 e. The molecule has 0 saturated heterocycles. The normalized spacial score (nSPS) is 11.2. The predicted molar refractivity (Wildman–Crippen MR) is 84.5 cm³/mol. The Hall–Kier alpha value is -1.22. The lowest BCUT2D eigenvalue weighted by Crippen LogP contribution is -2.21. The number of nitrogens with one attached hydrogen (secondary N) is 1. The molecule has 0 heterocycles. The van der Waals surface area contributed by atoms with Crippen LogP contribution in [0.15, 0.2) is 18.2 Å². The predicted octanol–water partition coefficient (Wildman–Crippen LogP) is 4.01. The number of hydrogen-bond donors (Lipinski definition) is 1. The van der Waals surface area contributed by atoms with Gasteiger partial charge in [-0.25, -0.2) is 0 Å². The van der Waals surface area contributed by atoms with Crippen molar-refractivity contribution >= 4 is 0 Å². The molecule has 0 aliphatic carbocycles. The van der Waals surface area contributed by atoms with Crippen LogP contribution in [0.5, 0.6) is 11.5 Å². The van der Waals surface area contributed by atoms with Crippen molar-refractivity contribution in [3.05, 3.63) is 23.8 Å². The van der Waals surface area contributed by atoms with E-state index in [1.165, 1.54) is 5.56 Å². The Morgan fingerprint density at radius 1 is 1.15 bits per heavy atom. The molecule has 0 aliphatic heterocycles. The quantitative estimate of drug-likeness (QED) is 0.741. The van der Waals surface area contributed by atoms with Gasteiger partial charge in [0, 0.05) is 18.2 Å². The summed E-state index contributed by atoms with van der Waals surface area (Å²) in [6.07, 6.45) is 2.31. The SMILES string of the molecule is CCC(CC)Oc1cc(OC)ccc1CNCC(C)C. The van der Waals surface area contributed by atoms with Gasteiger partial charge in [0.25, 0.3) is 0 Å². The number of hydrogen-bond acceptors (Lipinski definition) is 3. The van der Waals surface area contributed by atoms with E-state index in [9.17, 15) is 0 Å². The van der Waals surface area contributed by atoms with Crippen molar-refractivity contribution in [2.24, 2.45) is 5.92 Å². The van der Waals surface area contributed by atoms with Crippen molar-refractivity contribution in [3.8, 4) is 11.5 Å². The van der Waals surface area contributed by atoms with Crippen LogP contribution < -0.4 is 14.8 Å². The third-order valence-corrected chi connectivity index (χ3v) is 3.35. The fourth-order valence-corrected chi connectivity index (χ4v) is 2.05. The van der Waals surface area contributed by atoms with E-state index in [4.69, 9.17) is 9.47 Å². The van der Waals surface area contributed by atoms with Crippen LogP contribution >= 0.6 is 0 Å². The molecule has 1 aromatic rings. The standard InChI is InChI=1S/C17H29NO2/c1-6-15(7-2)20-17-10-16(19-5)9-8-14(17)12-18-11-13(3)4/h8-10,13,15,18H,6-7,11-12H2,1-5H3. The summed E-state index contributed by atoms with van der Waals surface area (Å²) in [5, 5.41) is 3.47. The Morgan fingerprint density at radius 2 is 1.85 bits per heavy atom. The van der Waals surface area contributed by atoms with Crippen LogP contribution in [0.2, 0.25) is 0 Å². The van der Waals surface area contributed by atoms with E-state index in [1.807, 2.05) is 12.1 Å². The molecule has 0 radical (unpaired) electrons. The van der Waals surface area contributed by atoms with Crippen LogP contribution in [-0.2, 0) is 6.54 Å². The molecular formula is C17H29NO2. The second-order valence-corrected chi connectivity index (χ2v) is 5.55. The van der Waals surface area contributed by atoms with Crippen LogP contribution in [0.3, 0.4) is 0 Å². The summed E-state index contributed by atoms with van der Waals surface area (Å²) < 4.78 is 11.4. The van der Waals surface area contributed by atoms with Gasteiger partial charge >= 0.3 is 0 Å². The molecule has 3 nitrogen and oxygen atoms in total. The first-order valence-corrected chi connectivity index (χ1v) is 7.64. The van der Waals surface area contributed by atoms with Crippen molar-refractivity contribution in [2.75, 3.05) is 13.7 Å². The maximum Gasteiger partial charge on any atom is 0.127 e. The minimum absolute atomic E-state index is 0.269. The third kappa shape index (κ3) is 5.41. The number of rotatable bonds is 9. The van der Waals surface area contributed by atoms with Gasteiger partial charge in [-0.2, -0.15) is 0 Å². The van der Waals surface area contributed by atoms with Crippen LogP contribution in [0, 0.1) is 5.92 Å². The molecule has 0 bridgehead atoms. The van der Waals surface area contributed by atoms with E-state index in [-0.39, 0.29) is 6.10 Å². The summed E-state index contributed by atoms with van der Waals surface area (Å²) in [7, 11) is 1.69. The first kappa shape index (κ1) is 16.8. The van der Waals surface area contributed by atoms with E-state index >= 15 is 0 Å². The fraction of sp³-hybridized carbons (Fsp3) is 0.647. The van der Waals surface area contributed by atoms with Crippen molar-refractivity contribution in [2.45, 2.75) is 53.2 Å². The van der Waals surface area contributed by atoms with Crippen molar-refractivity contribution in [1.82, 2.24) is 5.32 Å². The van der Waals surface area contributed by atoms with E-state index in [2.05, 4.69) is 39.1 Å². The summed E-state index contributed by atoms with van der Waals surface area (Å²) in [5.74, 6) is 2.43. The molecule has 0 amide bonds. The summed E-state index contributed by atoms with van der Waals surface area (Å²) in [4.78, 5) is 0. The van der Waals surface area contributed by atoms with Gasteiger partial charge in [-0.05, 0) is 31.4 Å². The lowest BCUT2D eigenvalue weighted by Gasteiger charge is -2.19. The van der Waals surface area contributed by atoms with Crippen molar-refractivity contribution < 1.29 is 9.47 Å². The number of benzene rings is 1. The Labute approximate surface area is 123 Å². The fourth-order valence-electron chi connectivity index (χ4n) is 2.05. The largest absolute Gasteiger partial charge is 0.497 e. The van der Waals surface area contributed by atoms with Gasteiger partial charge < -0.3 is 14.8 Å². The monoisotopic (exact) mass is 279 g/mol. The number of ether oxygens (including phenoxy) is 2. The Morgan fingerprint density at radius 3 is 2.40 bits per heavy atom. The van der Waals surface area contributed by atoms with Gasteiger partial charge in [-0.3, -0.25) is 0 Å². The highest BCUT2D eigenvalue weighted by atomic mass is 16.5. The lowest BCUT2D eigenvalue weighted by atomic mass is 10.1. The molecule has 0 atom stereocenters. The molecule has 114 valence electrons. The van der Waals surface area contributed by atoms with Crippen molar-refractivity contribution in [1.29, 1.82) is 0 Å². The van der Waals surface area contributed by atoms with Gasteiger partial charge in [0.2, 0.25) is 0 Å². The van der Waals surface area contributed by atoms with Crippen LogP contribution in [0.1, 0.15) is 46.1 Å². The zero-order chi connectivity index (χ0) is 15.0. The number of methoxy groups -OCH3 is 1. The average Bonchev–Trinajstić information content (AvgIpc) is 2.45. The van der Waals surface area contributed by atoms with Crippen LogP contribution in [0.25, 0.3) is 0 Å². The first-order valence-electron chi connectivity index (χ1n) is 7.64. The molecule has 0 unspecified atom stereocenters. The maximum absolute atomic E-state index is 6.12. The zero-order valence-electron chi connectivity index (χ0n) is 13.5. The van der Waals surface area contributed by atoms with Gasteiger partial charge in [-0.1, -0.05) is 33.8 Å². The van der Waals surface area contributed by atoms with Crippen molar-refractivity contribution in [3.63, 3.8) is 0 Å². The molecule has 0 spiro atoms. The summed E-state index contributed by atoms with van der Waals surface area (Å²) in [6, 6.07) is 6.07. The van der Waals surface area contributed by atoms with Gasteiger partial charge in [0.15, 0.2) is 0 Å². The maximum atomic E-state index is 6.12. The van der Waals surface area contributed by atoms with E-state index in [0.717, 1.165) is 37.4 Å². The highest BCUT2D eigenvalue weighted by molar-refractivity contribution is 5.40. The average molecular weight is 279 g/mol. The van der Waals surface area contributed by atoms with Crippen LogP contribution in [-0.4, -0.2) is 19.8 Å². The van der Waals surface area contributed by atoms with E-state index in [1.54, 1.807) is 7.11 Å². The summed E-state index contributed by atoms with van der Waals surface area (Å²) in [6.45, 7) is 10.6. The molecule has 1 aromatic carbocycles. The van der Waals surface area contributed by atoms with Gasteiger partial charge in [0.1, 0.15) is 11.5 Å². The zero-order valence-corrected chi connectivity index (χ0v) is 13.5. The highest BCUT2D eigenvalue weighted by Gasteiger charge is 2.11. The molecule has 3 heteroatoms. The molecule has 1 N–H and O–H groups in total. The lowest BCUT2D eigenvalue weighted by molar-refractivity contribution is 0.190. The third-order valence-electron chi connectivity index (χ3n) is 3.35. The first-order chi connectivity index (χ1) is 9.60. The Bertz CT molecular complexity index is 387. The molecule has 0 aliphatic rings. The van der Waals surface area contributed by atoms with Gasteiger partial charge in [-0.15, -0.1) is 0 Å². The molecule has 20 heavy (non-hydrogen) atoms. The topological polar surface area (TPSA) is 30.5 Å². The molecule has 0 saturated carbocycles. The van der Waals surface area contributed by atoms with Gasteiger partial charge in [0.05, 0.1) is 13.2 Å². The molecule has 0 fully saturated rings. The summed E-state index contributed by atoms with van der Waals surface area (Å²) >= 11 is 0. The Kier molecular flexibility index (Phi) is 7.45. The molecule has 0 aromatic heterocycles. The minimum Gasteiger partial charge on any atom is -0.497 e. The Balaban J connectivity index is 2.80. The van der Waals surface area contributed by atoms with Crippen LogP contribution in [0.4, 0.5) is 0 Å². The summed E-state index contributed by atoms with van der Waals surface area (Å²) in [5.41, 5.74) is 1.19. The minimum atomic E-state index is 0.269. The molecule has 1 rings (SSSR count). The van der Waals surface area contributed by atoms with E-state index in [0.29, 0.717) is 5.92 Å². The highest BCUT2D eigenvalue weighted by Crippen LogP contribution is 2.26. The second-order valence-electron chi connectivity index (χ2n) is 5.55.